The van der Waals surface area contributed by atoms with Gasteiger partial charge in [-0.3, -0.25) is 9.58 Å². The second kappa shape index (κ2) is 6.29. The average molecular weight is 329 g/mol. The van der Waals surface area contributed by atoms with Crippen molar-refractivity contribution in [1.29, 1.82) is 0 Å². The van der Waals surface area contributed by atoms with Gasteiger partial charge in [0.2, 0.25) is 0 Å². The Morgan fingerprint density at radius 3 is 2.88 bits per heavy atom. The Morgan fingerprint density at radius 2 is 2.17 bits per heavy atom. The summed E-state index contributed by atoms with van der Waals surface area (Å²) in [6.45, 7) is 7.23. The van der Waals surface area contributed by atoms with Crippen LogP contribution in [-0.2, 0) is 26.7 Å². The molecule has 1 aliphatic carbocycles. The minimum Gasteiger partial charge on any atom is -0.334 e. The van der Waals surface area contributed by atoms with E-state index in [1.807, 2.05) is 24.1 Å². The lowest BCUT2D eigenvalue weighted by atomic mass is 9.93. The normalized spacial score (nSPS) is 22.4. The number of aryl methyl sites for hydroxylation is 2. The molecule has 1 unspecified atom stereocenters. The molecule has 1 saturated carbocycles. The molecule has 2 aromatic heterocycles. The topological polar surface area (TPSA) is 63.8 Å². The van der Waals surface area contributed by atoms with Crippen molar-refractivity contribution >= 4 is 0 Å². The van der Waals surface area contributed by atoms with Gasteiger partial charge < -0.3 is 9.88 Å². The van der Waals surface area contributed by atoms with Gasteiger partial charge in [0.05, 0.1) is 18.4 Å². The molecule has 4 rings (SSSR count). The van der Waals surface area contributed by atoms with E-state index in [0.29, 0.717) is 11.5 Å². The molecule has 2 aromatic rings. The number of hydrogen-bond acceptors (Lipinski definition) is 5. The Labute approximate surface area is 143 Å². The quantitative estimate of drug-likeness (QED) is 0.862. The van der Waals surface area contributed by atoms with Gasteiger partial charge in [-0.25, -0.2) is 4.98 Å². The molecule has 24 heavy (non-hydrogen) atoms. The Balaban J connectivity index is 1.54. The van der Waals surface area contributed by atoms with E-state index in [9.17, 15) is 0 Å². The van der Waals surface area contributed by atoms with Gasteiger partial charge in [0.25, 0.3) is 0 Å². The van der Waals surface area contributed by atoms with Crippen molar-refractivity contribution in [2.45, 2.75) is 51.9 Å². The van der Waals surface area contributed by atoms with E-state index in [2.05, 4.69) is 43.2 Å². The lowest BCUT2D eigenvalue weighted by Crippen LogP contribution is -2.36. The first-order valence-corrected chi connectivity index (χ1v) is 9.00. The van der Waals surface area contributed by atoms with Crippen molar-refractivity contribution in [3.8, 4) is 0 Å². The van der Waals surface area contributed by atoms with Gasteiger partial charge in [0.15, 0.2) is 0 Å². The van der Waals surface area contributed by atoms with Crippen molar-refractivity contribution in [2.24, 2.45) is 12.5 Å². The van der Waals surface area contributed by atoms with Gasteiger partial charge in [0, 0.05) is 38.6 Å². The summed E-state index contributed by atoms with van der Waals surface area (Å²) < 4.78 is 4.13. The summed E-state index contributed by atoms with van der Waals surface area (Å²) in [5.41, 5.74) is 1.68. The first-order valence-electron chi connectivity index (χ1n) is 9.00. The highest BCUT2D eigenvalue weighted by atomic mass is 15.4. The molecule has 0 bridgehead atoms. The minimum atomic E-state index is 0.515. The predicted octanol–water partition coefficient (Wildman–Crippen LogP) is 1.18. The van der Waals surface area contributed by atoms with E-state index in [1.165, 1.54) is 25.0 Å². The van der Waals surface area contributed by atoms with Gasteiger partial charge in [0.1, 0.15) is 5.82 Å². The van der Waals surface area contributed by atoms with E-state index in [1.54, 1.807) is 0 Å². The summed E-state index contributed by atoms with van der Waals surface area (Å²) in [7, 11) is 1.97. The maximum Gasteiger partial charge on any atom is 0.122 e. The van der Waals surface area contributed by atoms with E-state index >= 15 is 0 Å². The van der Waals surface area contributed by atoms with Crippen molar-refractivity contribution in [2.75, 3.05) is 13.1 Å². The third kappa shape index (κ3) is 2.86. The molecule has 1 atom stereocenters. The summed E-state index contributed by atoms with van der Waals surface area (Å²) in [6.07, 6.45) is 9.77. The largest absolute Gasteiger partial charge is 0.334 e. The second-order valence-electron chi connectivity index (χ2n) is 7.22. The molecular formula is C17H27N7. The fourth-order valence-corrected chi connectivity index (χ4v) is 4.20. The molecule has 1 N–H and O–H groups in total. The van der Waals surface area contributed by atoms with Crippen LogP contribution in [0.4, 0.5) is 0 Å². The molecule has 1 saturated heterocycles. The summed E-state index contributed by atoms with van der Waals surface area (Å²) in [5.74, 6) is 1.16. The second-order valence-corrected chi connectivity index (χ2v) is 7.22. The predicted molar refractivity (Wildman–Crippen MR) is 91.1 cm³/mol. The Bertz CT molecular complexity index is 683. The molecule has 2 fully saturated rings. The van der Waals surface area contributed by atoms with Crippen LogP contribution < -0.4 is 5.32 Å². The first kappa shape index (κ1) is 15.8. The number of imidazole rings is 1. The molecule has 2 aliphatic rings. The van der Waals surface area contributed by atoms with Gasteiger partial charge in [-0.05, 0) is 44.7 Å². The summed E-state index contributed by atoms with van der Waals surface area (Å²) in [5, 5.41) is 11.6. The van der Waals surface area contributed by atoms with Crippen LogP contribution in [0.15, 0.2) is 18.6 Å². The maximum atomic E-state index is 4.59. The minimum absolute atomic E-state index is 0.515. The highest BCUT2D eigenvalue weighted by Gasteiger charge is 2.56. The highest BCUT2D eigenvalue weighted by molar-refractivity contribution is 5.12. The van der Waals surface area contributed by atoms with E-state index in [4.69, 9.17) is 0 Å². The van der Waals surface area contributed by atoms with E-state index in [0.717, 1.165) is 38.5 Å². The number of nitrogens with one attached hydrogen (secondary N) is 1. The molecule has 1 aliphatic heterocycles. The van der Waals surface area contributed by atoms with Gasteiger partial charge in [-0.1, -0.05) is 5.21 Å². The molecule has 7 heteroatoms. The SMILES string of the molecule is CCn1ccnc1CN(Cc1cnnn1C)C1CC12CCNCC2. The smallest absolute Gasteiger partial charge is 0.122 e. The lowest BCUT2D eigenvalue weighted by Gasteiger charge is -2.29. The highest BCUT2D eigenvalue weighted by Crippen LogP contribution is 2.56. The fraction of sp³-hybridized carbons (Fsp3) is 0.706. The van der Waals surface area contributed by atoms with Gasteiger partial charge >= 0.3 is 0 Å². The fourth-order valence-electron chi connectivity index (χ4n) is 4.20. The zero-order chi connectivity index (χ0) is 16.6. The van der Waals surface area contributed by atoms with E-state index in [-0.39, 0.29) is 0 Å². The molecule has 1 spiro atoms. The summed E-state index contributed by atoms with van der Waals surface area (Å²) >= 11 is 0. The average Bonchev–Trinajstić information content (AvgIpc) is 2.94. The summed E-state index contributed by atoms with van der Waals surface area (Å²) in [4.78, 5) is 7.19. The number of hydrogen-bond donors (Lipinski definition) is 1. The Kier molecular flexibility index (Phi) is 4.14. The third-order valence-corrected chi connectivity index (χ3v) is 5.85. The summed E-state index contributed by atoms with van der Waals surface area (Å²) in [6, 6.07) is 0.650. The van der Waals surface area contributed by atoms with Crippen LogP contribution in [-0.4, -0.2) is 48.6 Å². The van der Waals surface area contributed by atoms with Gasteiger partial charge in [-0.15, -0.1) is 5.10 Å². The van der Waals surface area contributed by atoms with Gasteiger partial charge in [-0.2, -0.15) is 0 Å². The molecule has 7 nitrogen and oxygen atoms in total. The molecule has 130 valence electrons. The van der Waals surface area contributed by atoms with E-state index < -0.39 is 0 Å². The van der Waals surface area contributed by atoms with Crippen molar-refractivity contribution in [1.82, 2.24) is 34.8 Å². The standard InChI is InChI=1S/C17H27N7/c1-3-23-9-8-19-16(23)13-24(12-14-11-20-21-22(14)2)15-10-17(15)4-6-18-7-5-17/h8-9,11,15,18H,3-7,10,12-13H2,1-2H3. The monoisotopic (exact) mass is 329 g/mol. The van der Waals surface area contributed by atoms with Crippen LogP contribution in [0.2, 0.25) is 0 Å². The van der Waals surface area contributed by atoms with Crippen molar-refractivity contribution in [3.05, 3.63) is 30.1 Å². The zero-order valence-electron chi connectivity index (χ0n) is 14.6. The maximum absolute atomic E-state index is 4.59. The number of rotatable bonds is 6. The van der Waals surface area contributed by atoms with Crippen LogP contribution in [0.25, 0.3) is 0 Å². The van der Waals surface area contributed by atoms with Crippen molar-refractivity contribution < 1.29 is 0 Å². The number of aromatic nitrogens is 5. The Morgan fingerprint density at radius 1 is 1.33 bits per heavy atom. The number of piperidine rings is 1. The lowest BCUT2D eigenvalue weighted by molar-refractivity contribution is 0.178. The van der Waals surface area contributed by atoms with Crippen LogP contribution in [0.3, 0.4) is 0 Å². The zero-order valence-corrected chi connectivity index (χ0v) is 14.6. The molecule has 0 amide bonds. The first-order chi connectivity index (χ1) is 11.7. The number of nitrogens with zero attached hydrogens (tertiary/aromatic N) is 6. The van der Waals surface area contributed by atoms with Crippen LogP contribution in [0.1, 0.15) is 37.7 Å². The molecular weight excluding hydrogens is 302 g/mol. The Hall–Kier alpha value is -1.73. The molecule has 0 radical (unpaired) electrons. The van der Waals surface area contributed by atoms with Crippen LogP contribution in [0, 0.1) is 5.41 Å². The molecule has 3 heterocycles. The van der Waals surface area contributed by atoms with Crippen LogP contribution in [0.5, 0.6) is 0 Å². The third-order valence-electron chi connectivity index (χ3n) is 5.85. The van der Waals surface area contributed by atoms with Crippen molar-refractivity contribution in [3.63, 3.8) is 0 Å². The van der Waals surface area contributed by atoms with Crippen LogP contribution >= 0.6 is 0 Å². The molecule has 0 aromatic carbocycles.